The van der Waals surface area contributed by atoms with E-state index in [9.17, 15) is 0 Å². The molecule has 0 saturated carbocycles. The van der Waals surface area contributed by atoms with Gasteiger partial charge in [-0.1, -0.05) is 20.8 Å². The molecule has 1 saturated heterocycles. The third kappa shape index (κ3) is 2.97. The van der Waals surface area contributed by atoms with Crippen molar-refractivity contribution in [1.82, 2.24) is 4.98 Å². The highest BCUT2D eigenvalue weighted by Crippen LogP contribution is 2.24. The molecule has 1 fully saturated rings. The van der Waals surface area contributed by atoms with E-state index in [0.717, 1.165) is 6.42 Å². The van der Waals surface area contributed by atoms with Crippen molar-refractivity contribution >= 4 is 5.82 Å². The predicted molar refractivity (Wildman–Crippen MR) is 68.8 cm³/mol. The maximum atomic E-state index is 4.48. The zero-order valence-electron chi connectivity index (χ0n) is 10.7. The molecule has 1 aliphatic rings. The smallest absolute Gasteiger partial charge is 0.128 e. The molecule has 2 rings (SSSR count). The molecular formula is C14H22N2. The molecule has 2 nitrogen and oxygen atoms in total. The molecule has 2 heteroatoms. The summed E-state index contributed by atoms with van der Waals surface area (Å²) in [6.45, 7) is 9.19. The van der Waals surface area contributed by atoms with Gasteiger partial charge in [0.05, 0.1) is 0 Å². The zero-order valence-corrected chi connectivity index (χ0v) is 10.7. The highest BCUT2D eigenvalue weighted by molar-refractivity contribution is 5.42. The van der Waals surface area contributed by atoms with Crippen molar-refractivity contribution in [2.45, 2.75) is 40.0 Å². The maximum absolute atomic E-state index is 4.48. The molecule has 0 bridgehead atoms. The van der Waals surface area contributed by atoms with E-state index >= 15 is 0 Å². The minimum absolute atomic E-state index is 0.351. The van der Waals surface area contributed by atoms with Gasteiger partial charge in [0.1, 0.15) is 5.82 Å². The van der Waals surface area contributed by atoms with Crippen LogP contribution in [0.4, 0.5) is 5.82 Å². The second-order valence-electron chi connectivity index (χ2n) is 5.95. The van der Waals surface area contributed by atoms with Gasteiger partial charge in [0, 0.05) is 19.3 Å². The van der Waals surface area contributed by atoms with E-state index in [1.165, 1.54) is 37.3 Å². The lowest BCUT2D eigenvalue weighted by Gasteiger charge is -2.20. The Morgan fingerprint density at radius 2 is 1.94 bits per heavy atom. The third-order valence-electron chi connectivity index (χ3n) is 2.97. The summed E-state index contributed by atoms with van der Waals surface area (Å²) in [5.41, 5.74) is 1.76. The van der Waals surface area contributed by atoms with Crippen LogP contribution in [-0.2, 0) is 6.42 Å². The van der Waals surface area contributed by atoms with E-state index in [-0.39, 0.29) is 0 Å². The van der Waals surface area contributed by atoms with Crippen LogP contribution < -0.4 is 4.90 Å². The van der Waals surface area contributed by atoms with Crippen molar-refractivity contribution in [3.05, 3.63) is 23.9 Å². The van der Waals surface area contributed by atoms with Crippen LogP contribution >= 0.6 is 0 Å². The molecule has 88 valence electrons. The van der Waals surface area contributed by atoms with Gasteiger partial charge in [-0.25, -0.2) is 4.98 Å². The number of hydrogen-bond acceptors (Lipinski definition) is 2. The van der Waals surface area contributed by atoms with Crippen molar-refractivity contribution in [3.63, 3.8) is 0 Å². The van der Waals surface area contributed by atoms with E-state index < -0.39 is 0 Å². The van der Waals surface area contributed by atoms with Crippen molar-refractivity contribution in [3.8, 4) is 0 Å². The first kappa shape index (κ1) is 11.4. The SMILES string of the molecule is CC(C)(C)Cc1ccnc(N2CCCC2)c1. The molecule has 1 aromatic rings. The zero-order chi connectivity index (χ0) is 11.6. The molecule has 0 aromatic carbocycles. The Morgan fingerprint density at radius 3 is 2.56 bits per heavy atom. The largest absolute Gasteiger partial charge is 0.357 e. The van der Waals surface area contributed by atoms with Crippen LogP contribution in [0.15, 0.2) is 18.3 Å². The van der Waals surface area contributed by atoms with Gasteiger partial charge in [0.2, 0.25) is 0 Å². The molecule has 0 spiro atoms. The van der Waals surface area contributed by atoms with Gasteiger partial charge in [0.25, 0.3) is 0 Å². The standard InChI is InChI=1S/C14H22N2/c1-14(2,3)11-12-6-7-15-13(10-12)16-8-4-5-9-16/h6-7,10H,4-5,8-9,11H2,1-3H3. The van der Waals surface area contributed by atoms with Crippen molar-refractivity contribution in [2.24, 2.45) is 5.41 Å². The number of aromatic nitrogens is 1. The van der Waals surface area contributed by atoms with Crippen LogP contribution in [0.25, 0.3) is 0 Å². The summed E-state index contributed by atoms with van der Waals surface area (Å²) in [5, 5.41) is 0. The number of hydrogen-bond donors (Lipinski definition) is 0. The van der Waals surface area contributed by atoms with Crippen LogP contribution in [0.2, 0.25) is 0 Å². The molecule has 1 aromatic heterocycles. The molecule has 0 N–H and O–H groups in total. The summed E-state index contributed by atoms with van der Waals surface area (Å²) >= 11 is 0. The Hall–Kier alpha value is -1.05. The monoisotopic (exact) mass is 218 g/mol. The summed E-state index contributed by atoms with van der Waals surface area (Å²) in [7, 11) is 0. The van der Waals surface area contributed by atoms with Gasteiger partial charge in [0.15, 0.2) is 0 Å². The molecule has 0 atom stereocenters. The van der Waals surface area contributed by atoms with Gasteiger partial charge < -0.3 is 4.90 Å². The Morgan fingerprint density at radius 1 is 1.25 bits per heavy atom. The van der Waals surface area contributed by atoms with Gasteiger partial charge in [-0.3, -0.25) is 0 Å². The van der Waals surface area contributed by atoms with E-state index in [0.29, 0.717) is 5.41 Å². The van der Waals surface area contributed by atoms with Gasteiger partial charge in [-0.2, -0.15) is 0 Å². The molecule has 0 unspecified atom stereocenters. The summed E-state index contributed by atoms with van der Waals surface area (Å²) in [6, 6.07) is 4.40. The van der Waals surface area contributed by atoms with Crippen molar-refractivity contribution in [2.75, 3.05) is 18.0 Å². The average molecular weight is 218 g/mol. The molecule has 0 radical (unpaired) electrons. The molecule has 2 heterocycles. The minimum Gasteiger partial charge on any atom is -0.357 e. The second kappa shape index (κ2) is 4.44. The Labute approximate surface area is 98.7 Å². The van der Waals surface area contributed by atoms with Gasteiger partial charge in [-0.05, 0) is 42.4 Å². The topological polar surface area (TPSA) is 16.1 Å². The highest BCUT2D eigenvalue weighted by atomic mass is 15.2. The van der Waals surface area contributed by atoms with E-state index in [1.807, 2.05) is 6.20 Å². The number of nitrogens with zero attached hydrogens (tertiary/aromatic N) is 2. The number of anilines is 1. The van der Waals surface area contributed by atoms with Crippen LogP contribution in [0.1, 0.15) is 39.2 Å². The molecule has 16 heavy (non-hydrogen) atoms. The van der Waals surface area contributed by atoms with Crippen molar-refractivity contribution < 1.29 is 0 Å². The first-order valence-electron chi connectivity index (χ1n) is 6.24. The Kier molecular flexibility index (Phi) is 3.17. The van der Waals surface area contributed by atoms with E-state index in [2.05, 4.69) is 42.8 Å². The summed E-state index contributed by atoms with van der Waals surface area (Å²) < 4.78 is 0. The van der Waals surface area contributed by atoms with Crippen LogP contribution in [-0.4, -0.2) is 18.1 Å². The lowest BCUT2D eigenvalue weighted by molar-refractivity contribution is 0.411. The lowest BCUT2D eigenvalue weighted by atomic mass is 9.88. The molecule has 0 amide bonds. The molecule has 1 aliphatic heterocycles. The minimum atomic E-state index is 0.351. The average Bonchev–Trinajstić information content (AvgIpc) is 2.68. The quantitative estimate of drug-likeness (QED) is 0.757. The fraction of sp³-hybridized carbons (Fsp3) is 0.643. The Balaban J connectivity index is 2.12. The predicted octanol–water partition coefficient (Wildman–Crippen LogP) is 3.27. The lowest BCUT2D eigenvalue weighted by Crippen LogP contribution is -2.19. The summed E-state index contributed by atoms with van der Waals surface area (Å²) in [5.74, 6) is 1.17. The van der Waals surface area contributed by atoms with Crippen LogP contribution in [0, 0.1) is 5.41 Å². The summed E-state index contributed by atoms with van der Waals surface area (Å²) in [6.07, 6.45) is 5.70. The normalized spacial score (nSPS) is 16.8. The number of pyridine rings is 1. The molecular weight excluding hydrogens is 196 g/mol. The van der Waals surface area contributed by atoms with Gasteiger partial charge >= 0.3 is 0 Å². The second-order valence-corrected chi connectivity index (χ2v) is 5.95. The summed E-state index contributed by atoms with van der Waals surface area (Å²) in [4.78, 5) is 6.87. The van der Waals surface area contributed by atoms with Crippen LogP contribution in [0.3, 0.4) is 0 Å². The maximum Gasteiger partial charge on any atom is 0.128 e. The molecule has 0 aliphatic carbocycles. The van der Waals surface area contributed by atoms with Gasteiger partial charge in [-0.15, -0.1) is 0 Å². The van der Waals surface area contributed by atoms with E-state index in [4.69, 9.17) is 0 Å². The number of rotatable bonds is 2. The van der Waals surface area contributed by atoms with Crippen LogP contribution in [0.5, 0.6) is 0 Å². The fourth-order valence-electron chi connectivity index (χ4n) is 2.30. The van der Waals surface area contributed by atoms with Crippen molar-refractivity contribution in [1.29, 1.82) is 0 Å². The fourth-order valence-corrected chi connectivity index (χ4v) is 2.30. The van der Waals surface area contributed by atoms with E-state index in [1.54, 1.807) is 0 Å². The highest BCUT2D eigenvalue weighted by Gasteiger charge is 2.15. The Bertz CT molecular complexity index is 346. The first-order valence-corrected chi connectivity index (χ1v) is 6.24. The first-order chi connectivity index (χ1) is 7.54. The third-order valence-corrected chi connectivity index (χ3v) is 2.97.